The number of carbonyl (C=O) groups excluding carboxylic acids is 1. The third-order valence-corrected chi connectivity index (χ3v) is 1.87. The highest BCUT2D eigenvalue weighted by molar-refractivity contribution is 5.78. The number of nitriles is 1. The van der Waals surface area contributed by atoms with E-state index < -0.39 is 0 Å². The van der Waals surface area contributed by atoms with Gasteiger partial charge >= 0.3 is 0 Å². The van der Waals surface area contributed by atoms with Gasteiger partial charge in [0.25, 0.3) is 0 Å². The van der Waals surface area contributed by atoms with E-state index in [-0.39, 0.29) is 12.5 Å². The largest absolute Gasteiger partial charge is 0.479 e. The number of benzene rings is 1. The second-order valence-electron chi connectivity index (χ2n) is 2.94. The molecule has 0 aliphatic carbocycles. The normalized spacial score (nSPS) is 9.07. The number of nitrogens with one attached hydrogen (secondary N) is 1. The van der Waals surface area contributed by atoms with Crippen molar-refractivity contribution in [1.29, 1.82) is 5.26 Å². The zero-order chi connectivity index (χ0) is 11.1. The lowest BCUT2D eigenvalue weighted by molar-refractivity contribution is -0.119. The van der Waals surface area contributed by atoms with E-state index >= 15 is 0 Å². The molecule has 0 spiro atoms. The average molecular weight is 204 g/mol. The molecule has 0 bridgehead atoms. The number of hydrogen-bond acceptors (Lipinski definition) is 3. The fourth-order valence-corrected chi connectivity index (χ4v) is 1.09. The summed E-state index contributed by atoms with van der Waals surface area (Å²) in [5.74, 6) is 0.609. The van der Waals surface area contributed by atoms with Gasteiger partial charge in [0, 0.05) is 7.05 Å². The lowest BCUT2D eigenvalue weighted by Crippen LogP contribution is -2.19. The van der Waals surface area contributed by atoms with Gasteiger partial charge in [-0.25, -0.2) is 0 Å². The molecule has 78 valence electrons. The second kappa shape index (κ2) is 5.66. The summed E-state index contributed by atoms with van der Waals surface area (Å²) < 4.78 is 5.08. The van der Waals surface area contributed by atoms with Gasteiger partial charge in [0.05, 0.1) is 6.42 Å². The van der Waals surface area contributed by atoms with Crippen LogP contribution in [0.5, 0.6) is 5.75 Å². The average Bonchev–Trinajstić information content (AvgIpc) is 2.28. The molecule has 0 fully saturated rings. The number of rotatable bonds is 4. The van der Waals surface area contributed by atoms with E-state index in [4.69, 9.17) is 10.00 Å². The molecule has 1 rings (SSSR count). The molecule has 0 saturated carbocycles. The molecule has 0 aromatic heterocycles. The van der Waals surface area contributed by atoms with Crippen molar-refractivity contribution in [2.75, 3.05) is 13.7 Å². The number of hydrogen-bond donors (Lipinski definition) is 1. The third-order valence-electron chi connectivity index (χ3n) is 1.87. The standard InChI is InChI=1S/C11H12N2O2/c1-13-11(14)8-9-2-4-10(5-3-9)15-7-6-12/h2-5H,7-8H2,1H3,(H,13,14). The maximum atomic E-state index is 11.1. The second-order valence-corrected chi connectivity index (χ2v) is 2.94. The molecule has 4 nitrogen and oxygen atoms in total. The summed E-state index contributed by atoms with van der Waals surface area (Å²) >= 11 is 0. The van der Waals surface area contributed by atoms with Gasteiger partial charge in [-0.3, -0.25) is 4.79 Å². The van der Waals surface area contributed by atoms with Crippen LogP contribution in [0, 0.1) is 11.3 Å². The van der Waals surface area contributed by atoms with Crippen LogP contribution in [0.3, 0.4) is 0 Å². The van der Waals surface area contributed by atoms with Gasteiger partial charge in [-0.15, -0.1) is 0 Å². The van der Waals surface area contributed by atoms with Gasteiger partial charge in [-0.1, -0.05) is 12.1 Å². The molecule has 1 amide bonds. The molecule has 0 heterocycles. The van der Waals surface area contributed by atoms with Crippen LogP contribution in [-0.2, 0) is 11.2 Å². The summed E-state index contributed by atoms with van der Waals surface area (Å²) in [5.41, 5.74) is 0.915. The van der Waals surface area contributed by atoms with Gasteiger partial charge < -0.3 is 10.1 Å². The lowest BCUT2D eigenvalue weighted by Gasteiger charge is -2.03. The first-order valence-corrected chi connectivity index (χ1v) is 4.55. The monoisotopic (exact) mass is 204 g/mol. The van der Waals surface area contributed by atoms with Crippen LogP contribution in [0.25, 0.3) is 0 Å². The highest BCUT2D eigenvalue weighted by Gasteiger charge is 2.00. The predicted octanol–water partition coefficient (Wildman–Crippen LogP) is 0.877. The van der Waals surface area contributed by atoms with E-state index in [1.54, 1.807) is 19.2 Å². The van der Waals surface area contributed by atoms with Crippen LogP contribution in [0.2, 0.25) is 0 Å². The van der Waals surface area contributed by atoms with Crippen LogP contribution in [0.4, 0.5) is 0 Å². The van der Waals surface area contributed by atoms with Crippen LogP contribution in [0.15, 0.2) is 24.3 Å². The molecule has 15 heavy (non-hydrogen) atoms. The van der Waals surface area contributed by atoms with Gasteiger partial charge in [-0.2, -0.15) is 5.26 Å². The summed E-state index contributed by atoms with van der Waals surface area (Å²) in [6.45, 7) is 0.0365. The summed E-state index contributed by atoms with van der Waals surface area (Å²) in [6, 6.07) is 8.99. The highest BCUT2D eigenvalue weighted by Crippen LogP contribution is 2.12. The fourth-order valence-electron chi connectivity index (χ4n) is 1.09. The molecule has 4 heteroatoms. The first-order valence-electron chi connectivity index (χ1n) is 4.55. The van der Waals surface area contributed by atoms with E-state index in [1.807, 2.05) is 18.2 Å². The van der Waals surface area contributed by atoms with E-state index in [0.717, 1.165) is 5.56 Å². The van der Waals surface area contributed by atoms with Crippen molar-refractivity contribution in [2.45, 2.75) is 6.42 Å². The van der Waals surface area contributed by atoms with Crippen molar-refractivity contribution in [1.82, 2.24) is 5.32 Å². The SMILES string of the molecule is CNC(=O)Cc1ccc(OCC#N)cc1. The zero-order valence-corrected chi connectivity index (χ0v) is 8.49. The van der Waals surface area contributed by atoms with Crippen molar-refractivity contribution in [2.24, 2.45) is 0 Å². The summed E-state index contributed by atoms with van der Waals surface area (Å²) in [4.78, 5) is 11.1. The Bertz CT molecular complexity index is 365. The van der Waals surface area contributed by atoms with Gasteiger partial charge in [0.15, 0.2) is 6.61 Å². The molecule has 0 saturated heterocycles. The highest BCUT2D eigenvalue weighted by atomic mass is 16.5. The van der Waals surface area contributed by atoms with Crippen molar-refractivity contribution >= 4 is 5.91 Å². The Morgan fingerprint density at radius 1 is 1.47 bits per heavy atom. The molecular formula is C11H12N2O2. The van der Waals surface area contributed by atoms with Gasteiger partial charge in [-0.05, 0) is 17.7 Å². The molecule has 0 aliphatic heterocycles. The molecule has 0 atom stereocenters. The van der Waals surface area contributed by atoms with Crippen LogP contribution in [-0.4, -0.2) is 19.6 Å². The van der Waals surface area contributed by atoms with Gasteiger partial charge in [0.1, 0.15) is 11.8 Å². The van der Waals surface area contributed by atoms with Gasteiger partial charge in [0.2, 0.25) is 5.91 Å². The van der Waals surface area contributed by atoms with Crippen LogP contribution in [0.1, 0.15) is 5.56 Å². The third kappa shape index (κ3) is 3.69. The molecule has 1 aromatic rings. The molecule has 1 N–H and O–H groups in total. The Morgan fingerprint density at radius 3 is 2.67 bits per heavy atom. The first kappa shape index (κ1) is 11.1. The Hall–Kier alpha value is -2.02. The summed E-state index contributed by atoms with van der Waals surface area (Å²) in [6.07, 6.45) is 0.356. The molecule has 1 aromatic carbocycles. The van der Waals surface area contributed by atoms with Crippen LogP contribution >= 0.6 is 0 Å². The Morgan fingerprint density at radius 2 is 2.13 bits per heavy atom. The Kier molecular flexibility index (Phi) is 4.17. The molecule has 0 aliphatic rings. The van der Waals surface area contributed by atoms with Crippen molar-refractivity contribution in [3.8, 4) is 11.8 Å². The molecule has 0 radical (unpaired) electrons. The summed E-state index contributed by atoms with van der Waals surface area (Å²) in [7, 11) is 1.60. The van der Waals surface area contributed by atoms with Crippen molar-refractivity contribution < 1.29 is 9.53 Å². The minimum Gasteiger partial charge on any atom is -0.479 e. The van der Waals surface area contributed by atoms with E-state index in [2.05, 4.69) is 5.32 Å². The number of carbonyl (C=O) groups is 1. The maximum absolute atomic E-state index is 11.1. The lowest BCUT2D eigenvalue weighted by atomic mass is 10.1. The van der Waals surface area contributed by atoms with Crippen molar-refractivity contribution in [3.05, 3.63) is 29.8 Å². The predicted molar refractivity (Wildman–Crippen MR) is 55.3 cm³/mol. The zero-order valence-electron chi connectivity index (χ0n) is 8.49. The Balaban J connectivity index is 2.57. The molecule has 0 unspecified atom stereocenters. The van der Waals surface area contributed by atoms with Crippen molar-refractivity contribution in [3.63, 3.8) is 0 Å². The summed E-state index contributed by atoms with van der Waals surface area (Å²) in [5, 5.41) is 10.9. The molecular weight excluding hydrogens is 192 g/mol. The quantitative estimate of drug-likeness (QED) is 0.791. The fraction of sp³-hybridized carbons (Fsp3) is 0.273. The Labute approximate surface area is 88.5 Å². The topological polar surface area (TPSA) is 62.1 Å². The number of nitrogens with zero attached hydrogens (tertiary/aromatic N) is 1. The minimum absolute atomic E-state index is 0.0271. The first-order chi connectivity index (χ1) is 7.26. The van der Waals surface area contributed by atoms with E-state index in [1.165, 1.54) is 0 Å². The smallest absolute Gasteiger partial charge is 0.224 e. The number of amides is 1. The minimum atomic E-state index is -0.0271. The van der Waals surface area contributed by atoms with E-state index in [0.29, 0.717) is 12.2 Å². The maximum Gasteiger partial charge on any atom is 0.224 e. The number of ether oxygens (including phenoxy) is 1. The van der Waals surface area contributed by atoms with Crippen LogP contribution < -0.4 is 10.1 Å². The van der Waals surface area contributed by atoms with E-state index in [9.17, 15) is 4.79 Å². The number of likely N-dealkylation sites (N-methyl/N-ethyl adjacent to an activating group) is 1.